The molecule has 16 rings (SSSR count). The summed E-state index contributed by atoms with van der Waals surface area (Å²) in [6, 6.07) is 123. The van der Waals surface area contributed by atoms with Crippen LogP contribution in [0, 0.1) is 22.7 Å². The summed E-state index contributed by atoms with van der Waals surface area (Å²) >= 11 is 0. The zero-order valence-corrected chi connectivity index (χ0v) is 50.1. The number of benzene rings is 14. The monoisotopic (exact) mass is 1170 g/mol. The molecule has 0 amide bonds. The van der Waals surface area contributed by atoms with Gasteiger partial charge in [0.1, 0.15) is 0 Å². The summed E-state index contributed by atoms with van der Waals surface area (Å²) in [6.45, 7) is 0. The van der Waals surface area contributed by atoms with E-state index in [0.717, 1.165) is 99.2 Å². The summed E-state index contributed by atoms with van der Waals surface area (Å²) in [4.78, 5) is 10.6. The van der Waals surface area contributed by atoms with Crippen LogP contribution in [0.1, 0.15) is 11.1 Å². The first kappa shape index (κ1) is 55.9. The lowest BCUT2D eigenvalue weighted by Gasteiger charge is -2.16. The van der Waals surface area contributed by atoms with Gasteiger partial charge in [-0.1, -0.05) is 297 Å². The van der Waals surface area contributed by atoms with E-state index in [1.54, 1.807) is 0 Å². The number of aromatic nitrogens is 2. The van der Waals surface area contributed by atoms with E-state index < -0.39 is 0 Å². The summed E-state index contributed by atoms with van der Waals surface area (Å²) in [6.07, 6.45) is 0. The highest BCUT2D eigenvalue weighted by Gasteiger charge is 2.20. The number of hydrogen-bond acceptors (Lipinski definition) is 4. The lowest BCUT2D eigenvalue weighted by molar-refractivity contribution is 1.39. The van der Waals surface area contributed by atoms with Gasteiger partial charge in [-0.2, -0.15) is 10.5 Å². The molecule has 0 spiro atoms. The fraction of sp³-hybridized carbons (Fsp3) is 0. The maximum absolute atomic E-state index is 9.97. The average molecular weight is 1170 g/mol. The first-order chi connectivity index (χ1) is 45.5. The zero-order valence-electron chi connectivity index (χ0n) is 50.1. The highest BCUT2D eigenvalue weighted by Crippen LogP contribution is 2.44. The zero-order chi connectivity index (χ0) is 61.7. The number of fused-ring (bicyclic) bond motifs is 6. The van der Waals surface area contributed by atoms with Gasteiger partial charge < -0.3 is 0 Å². The van der Waals surface area contributed by atoms with Crippen LogP contribution in [0.3, 0.4) is 0 Å². The van der Waals surface area contributed by atoms with E-state index in [2.05, 4.69) is 279 Å². The second kappa shape index (κ2) is 24.9. The average Bonchev–Trinajstić information content (AvgIpc) is 0.768. The molecular formula is C88H56N4. The van der Waals surface area contributed by atoms with Gasteiger partial charge in [0.05, 0.1) is 45.7 Å². The fourth-order valence-corrected chi connectivity index (χ4v) is 12.8. The number of hydrogen-bond donors (Lipinski definition) is 0. The molecule has 0 atom stereocenters. The van der Waals surface area contributed by atoms with Gasteiger partial charge in [-0.05, 0) is 142 Å². The molecule has 0 unspecified atom stereocenters. The van der Waals surface area contributed by atoms with Crippen LogP contribution in [0.5, 0.6) is 0 Å². The van der Waals surface area contributed by atoms with Crippen LogP contribution in [0.4, 0.5) is 0 Å². The summed E-state index contributed by atoms with van der Waals surface area (Å²) in [5, 5.41) is 26.0. The number of nitriles is 2. The molecule has 0 bridgehead atoms. The summed E-state index contributed by atoms with van der Waals surface area (Å²) < 4.78 is 0. The van der Waals surface area contributed by atoms with Crippen LogP contribution in [0.15, 0.2) is 340 Å². The van der Waals surface area contributed by atoms with Crippen LogP contribution in [0.25, 0.3) is 155 Å². The van der Waals surface area contributed by atoms with Crippen LogP contribution in [-0.4, -0.2) is 9.97 Å². The maximum atomic E-state index is 9.97. The Morgan fingerprint density at radius 1 is 0.196 bits per heavy atom. The van der Waals surface area contributed by atoms with E-state index in [0.29, 0.717) is 11.1 Å². The standard InChI is InChI=1S/2C44H28N2/c45-29-36-15-7-8-16-37(36)43-28-41(35-25-21-33(22-26-35)31-13-5-2-6-14-31)42-27-40(38-17-9-10-18-39(38)44(42)46-43)34-23-19-32(20-24-34)30-11-3-1-4-12-30;45-29-30-15-17-37(18-16-30)43-28-41(36-25-21-34(22-26-36)32-11-5-2-6-12-32)42-27-40(38-13-7-8-14-39(38)44(42)46-43)35-23-19-33(20-24-35)31-9-3-1-4-10-31/h2*1-28H. The normalized spacial score (nSPS) is 11.0. The molecule has 0 aliphatic carbocycles. The van der Waals surface area contributed by atoms with Gasteiger partial charge in [-0.3, -0.25) is 0 Å². The first-order valence-electron chi connectivity index (χ1n) is 30.9. The van der Waals surface area contributed by atoms with Gasteiger partial charge in [0.2, 0.25) is 0 Å². The predicted molar refractivity (Wildman–Crippen MR) is 382 cm³/mol. The molecule has 14 aromatic carbocycles. The Kier molecular flexibility index (Phi) is 15.1. The van der Waals surface area contributed by atoms with Crippen molar-refractivity contribution in [3.8, 4) is 124 Å². The molecule has 2 heterocycles. The highest BCUT2D eigenvalue weighted by molar-refractivity contribution is 6.18. The largest absolute Gasteiger partial charge is 0.247 e. The third-order valence-corrected chi connectivity index (χ3v) is 17.5. The summed E-state index contributed by atoms with van der Waals surface area (Å²) in [5.41, 5.74) is 25.2. The van der Waals surface area contributed by atoms with Crippen molar-refractivity contribution in [1.82, 2.24) is 9.97 Å². The van der Waals surface area contributed by atoms with Crippen molar-refractivity contribution in [2.24, 2.45) is 0 Å². The number of nitrogens with zero attached hydrogens (tertiary/aromatic N) is 4. The molecule has 4 heteroatoms. The molecular weight excluding hydrogens is 1110 g/mol. The van der Waals surface area contributed by atoms with E-state index in [4.69, 9.17) is 9.97 Å². The van der Waals surface area contributed by atoms with Crippen molar-refractivity contribution in [2.75, 3.05) is 0 Å². The second-order valence-corrected chi connectivity index (χ2v) is 23.0. The molecule has 0 aliphatic heterocycles. The van der Waals surface area contributed by atoms with Gasteiger partial charge in [-0.15, -0.1) is 0 Å². The summed E-state index contributed by atoms with van der Waals surface area (Å²) in [7, 11) is 0. The molecule has 2 aromatic heterocycles. The van der Waals surface area contributed by atoms with Gasteiger partial charge in [0.15, 0.2) is 0 Å². The SMILES string of the molecule is N#Cc1ccc(-c2cc(-c3ccc(-c4ccccc4)cc3)c3cc(-c4ccc(-c5ccccc5)cc4)c4ccccc4c3n2)cc1.N#Cc1ccccc1-c1cc(-c2ccc(-c3ccccc3)cc2)c2cc(-c3ccc(-c4ccccc4)cc3)c3ccccc3c2n1. The predicted octanol–water partition coefficient (Wildman–Crippen LogP) is 23.2. The fourth-order valence-electron chi connectivity index (χ4n) is 12.8. The number of rotatable bonds is 10. The number of pyridine rings is 2. The molecule has 428 valence electrons. The van der Waals surface area contributed by atoms with Crippen LogP contribution in [-0.2, 0) is 0 Å². The maximum Gasteiger partial charge on any atom is 0.0998 e. The van der Waals surface area contributed by atoms with Crippen molar-refractivity contribution in [1.29, 1.82) is 10.5 Å². The van der Waals surface area contributed by atoms with Crippen LogP contribution < -0.4 is 0 Å². The minimum atomic E-state index is 0.610. The van der Waals surface area contributed by atoms with E-state index in [9.17, 15) is 10.5 Å². The Morgan fingerprint density at radius 2 is 0.478 bits per heavy atom. The quantitative estimate of drug-likeness (QED) is 0.128. The lowest BCUT2D eigenvalue weighted by Crippen LogP contribution is -1.94. The molecule has 16 aromatic rings. The van der Waals surface area contributed by atoms with Crippen LogP contribution >= 0.6 is 0 Å². The van der Waals surface area contributed by atoms with E-state index >= 15 is 0 Å². The Labute approximate surface area is 535 Å². The van der Waals surface area contributed by atoms with Crippen molar-refractivity contribution in [2.45, 2.75) is 0 Å². The molecule has 92 heavy (non-hydrogen) atoms. The van der Waals surface area contributed by atoms with Gasteiger partial charge >= 0.3 is 0 Å². The molecule has 0 saturated carbocycles. The lowest BCUT2D eigenvalue weighted by atomic mass is 9.90. The molecule has 0 N–H and O–H groups in total. The minimum Gasteiger partial charge on any atom is -0.247 e. The topological polar surface area (TPSA) is 73.4 Å². The van der Waals surface area contributed by atoms with Gasteiger partial charge in [-0.25, -0.2) is 9.97 Å². The Hall–Kier alpha value is -12.6. The molecule has 0 saturated heterocycles. The van der Waals surface area contributed by atoms with Crippen molar-refractivity contribution >= 4 is 43.4 Å². The van der Waals surface area contributed by atoms with Crippen molar-refractivity contribution in [3.05, 3.63) is 351 Å². The third-order valence-electron chi connectivity index (χ3n) is 17.5. The first-order valence-corrected chi connectivity index (χ1v) is 30.9. The smallest absolute Gasteiger partial charge is 0.0998 e. The molecule has 0 aliphatic rings. The van der Waals surface area contributed by atoms with Crippen LogP contribution in [0.2, 0.25) is 0 Å². The van der Waals surface area contributed by atoms with Gasteiger partial charge in [0.25, 0.3) is 0 Å². The Bertz CT molecular complexity index is 5440. The Morgan fingerprint density at radius 3 is 0.848 bits per heavy atom. The molecule has 0 radical (unpaired) electrons. The van der Waals surface area contributed by atoms with E-state index in [1.165, 1.54) is 55.6 Å². The van der Waals surface area contributed by atoms with Gasteiger partial charge in [0, 0.05) is 32.7 Å². The molecule has 4 nitrogen and oxygen atoms in total. The Balaban J connectivity index is 0.000000153. The van der Waals surface area contributed by atoms with Crippen molar-refractivity contribution in [3.63, 3.8) is 0 Å². The summed E-state index contributed by atoms with van der Waals surface area (Å²) in [5.74, 6) is 0. The molecule has 0 fully saturated rings. The van der Waals surface area contributed by atoms with E-state index in [-0.39, 0.29) is 0 Å². The van der Waals surface area contributed by atoms with Crippen molar-refractivity contribution < 1.29 is 0 Å². The minimum absolute atomic E-state index is 0.610. The third kappa shape index (κ3) is 11.0. The highest BCUT2D eigenvalue weighted by atomic mass is 14.7. The van der Waals surface area contributed by atoms with E-state index in [1.807, 2.05) is 72.8 Å². The second-order valence-electron chi connectivity index (χ2n) is 23.0.